The van der Waals surface area contributed by atoms with Crippen LogP contribution in [0.1, 0.15) is 81.5 Å². The second-order valence-electron chi connectivity index (χ2n) is 15.5. The number of aromatic nitrogens is 1. The standard InChI is InChI=1S/C25H25N3O3.C23H29N7O4S/c1-16-19(23(29)28(26-16)18-9-7-6-8-10-18)12-14-22-25(2,3)20-15-17(24(30)31-5)11-13-21(20)27(22)4;1-14-16(12-24)20(26-8-6-10-32-3)28-21(27-9-7-11-33-4)18(14)29-30-22-17(13-25)15(2)19(35-22)23(31)34-5/h6-15H,1-5H3;6-11H2,1-5H3,(H2,26,27,28)/b19-12+,22-14-;. The number of esters is 2. The number of methoxy groups -OCH3 is 4. The number of nitriles is 2. The summed E-state index contributed by atoms with van der Waals surface area (Å²) >= 11 is 1.02. The summed E-state index contributed by atoms with van der Waals surface area (Å²) in [5, 5.41) is 40.6. The number of thiophene rings is 1. The van der Waals surface area contributed by atoms with Crippen LogP contribution in [0, 0.1) is 36.5 Å². The van der Waals surface area contributed by atoms with Crippen LogP contribution < -0.4 is 20.5 Å². The number of nitrogens with zero attached hydrogens (tertiary/aromatic N) is 8. The van der Waals surface area contributed by atoms with Crippen molar-refractivity contribution in [1.82, 2.24) is 4.98 Å². The lowest BCUT2D eigenvalue weighted by atomic mass is 9.83. The van der Waals surface area contributed by atoms with Gasteiger partial charge in [-0.05, 0) is 87.2 Å². The van der Waals surface area contributed by atoms with Gasteiger partial charge < -0.3 is 34.5 Å². The van der Waals surface area contributed by atoms with Crippen molar-refractivity contribution in [3.05, 3.63) is 110 Å². The Morgan fingerprint density at radius 3 is 2.09 bits per heavy atom. The molecule has 344 valence electrons. The van der Waals surface area contributed by atoms with Gasteiger partial charge in [-0.25, -0.2) is 14.6 Å². The molecule has 1 amide bonds. The van der Waals surface area contributed by atoms with Crippen molar-refractivity contribution in [2.24, 2.45) is 15.3 Å². The number of hydrogen-bond donors (Lipinski definition) is 2. The summed E-state index contributed by atoms with van der Waals surface area (Å²) in [5.41, 5.74) is 7.26. The Bertz CT molecular complexity index is 2680. The molecule has 0 fully saturated rings. The number of para-hydroxylation sites is 1. The minimum absolute atomic E-state index is 0.149. The van der Waals surface area contributed by atoms with Gasteiger partial charge in [-0.2, -0.15) is 20.6 Å². The molecule has 0 spiro atoms. The van der Waals surface area contributed by atoms with Crippen LogP contribution >= 0.6 is 11.3 Å². The molecule has 0 atom stereocenters. The van der Waals surface area contributed by atoms with Gasteiger partial charge >= 0.3 is 11.9 Å². The number of fused-ring (bicyclic) bond motifs is 1. The highest BCUT2D eigenvalue weighted by Crippen LogP contribution is 2.47. The van der Waals surface area contributed by atoms with E-state index in [1.54, 1.807) is 34.1 Å². The fourth-order valence-electron chi connectivity index (χ4n) is 7.33. The SMILES string of the molecule is COC(=O)c1ccc2c(c1)C(C)(C)/C(=C/C=C1/C(=O)N(c3ccccc3)N=C1C)N2C.COCCCNc1nc(NCCCOC)c(N=Nc2sc(C(=O)OC)c(C)c2C#N)c(C)c1C#N. The van der Waals surface area contributed by atoms with Crippen molar-refractivity contribution in [3.63, 3.8) is 0 Å². The zero-order valence-corrected chi connectivity index (χ0v) is 39.7. The first-order valence-electron chi connectivity index (χ1n) is 21.0. The number of pyridine rings is 1. The van der Waals surface area contributed by atoms with E-state index in [2.05, 4.69) is 61.8 Å². The Hall–Kier alpha value is -7.25. The number of ether oxygens (including phenoxy) is 4. The number of anilines is 4. The molecule has 17 nitrogen and oxygen atoms in total. The number of hydrazone groups is 1. The topological polar surface area (TPSA) is 216 Å². The molecule has 0 bridgehead atoms. The van der Waals surface area contributed by atoms with Crippen molar-refractivity contribution in [3.8, 4) is 12.1 Å². The van der Waals surface area contributed by atoms with Gasteiger partial charge in [0.05, 0.1) is 47.9 Å². The number of rotatable bonds is 16. The molecule has 6 rings (SSSR count). The highest BCUT2D eigenvalue weighted by molar-refractivity contribution is 7.18. The zero-order chi connectivity index (χ0) is 48.1. The normalized spacial score (nSPS) is 15.0. The third kappa shape index (κ3) is 10.8. The fraction of sp³-hybridized carbons (Fsp3) is 0.354. The minimum atomic E-state index is -0.542. The van der Waals surface area contributed by atoms with Crippen LogP contribution in [0.5, 0.6) is 0 Å². The second kappa shape index (κ2) is 22.6. The van der Waals surface area contributed by atoms with Gasteiger partial charge in [0.25, 0.3) is 5.91 Å². The Kier molecular flexibility index (Phi) is 17.0. The molecular formula is C48H54N10O7S. The first kappa shape index (κ1) is 49.8. The van der Waals surface area contributed by atoms with E-state index in [0.29, 0.717) is 82.0 Å². The number of nitrogens with one attached hydrogen (secondary N) is 2. The molecule has 4 heterocycles. The fourth-order valence-corrected chi connectivity index (χ4v) is 8.33. The molecule has 2 aromatic carbocycles. The van der Waals surface area contributed by atoms with Crippen LogP contribution in [-0.4, -0.2) is 90.3 Å². The molecule has 2 N–H and O–H groups in total. The van der Waals surface area contributed by atoms with Crippen LogP contribution in [0.15, 0.2) is 87.3 Å². The summed E-state index contributed by atoms with van der Waals surface area (Å²) in [7, 11) is 7.91. The van der Waals surface area contributed by atoms with Gasteiger partial charge in [-0.1, -0.05) is 32.0 Å². The molecule has 2 aliphatic rings. The van der Waals surface area contributed by atoms with Gasteiger partial charge in [0.2, 0.25) is 0 Å². The van der Waals surface area contributed by atoms with Crippen molar-refractivity contribution in [2.75, 3.05) is 82.3 Å². The van der Waals surface area contributed by atoms with Crippen LogP contribution in [0.2, 0.25) is 0 Å². The molecule has 66 heavy (non-hydrogen) atoms. The molecule has 0 radical (unpaired) electrons. The first-order valence-corrected chi connectivity index (χ1v) is 21.8. The average molecular weight is 915 g/mol. The Morgan fingerprint density at radius 1 is 0.848 bits per heavy atom. The van der Waals surface area contributed by atoms with Crippen molar-refractivity contribution >= 4 is 68.6 Å². The number of hydrogen-bond acceptors (Lipinski definition) is 17. The van der Waals surface area contributed by atoms with Crippen LogP contribution in [0.4, 0.5) is 33.7 Å². The summed E-state index contributed by atoms with van der Waals surface area (Å²) < 4.78 is 19.8. The Morgan fingerprint density at radius 2 is 1.48 bits per heavy atom. The number of azo groups is 1. The van der Waals surface area contributed by atoms with Crippen molar-refractivity contribution in [2.45, 2.75) is 52.9 Å². The van der Waals surface area contributed by atoms with Crippen molar-refractivity contribution < 1.29 is 33.3 Å². The smallest absolute Gasteiger partial charge is 0.348 e. The van der Waals surface area contributed by atoms with E-state index in [4.69, 9.17) is 18.9 Å². The maximum Gasteiger partial charge on any atom is 0.348 e. The third-order valence-electron chi connectivity index (χ3n) is 10.9. The van der Waals surface area contributed by atoms with Gasteiger partial charge in [0.1, 0.15) is 28.5 Å². The van der Waals surface area contributed by atoms with E-state index >= 15 is 0 Å². The lowest BCUT2D eigenvalue weighted by Gasteiger charge is -2.23. The lowest BCUT2D eigenvalue weighted by Crippen LogP contribution is -2.23. The van der Waals surface area contributed by atoms with Crippen LogP contribution in [-0.2, 0) is 29.2 Å². The summed E-state index contributed by atoms with van der Waals surface area (Å²) in [6.45, 7) is 11.8. The van der Waals surface area contributed by atoms with E-state index in [1.165, 1.54) is 19.2 Å². The molecule has 2 aliphatic heterocycles. The van der Waals surface area contributed by atoms with E-state index in [-0.39, 0.29) is 27.9 Å². The summed E-state index contributed by atoms with van der Waals surface area (Å²) in [6.07, 6.45) is 5.29. The molecule has 0 unspecified atom stereocenters. The average Bonchev–Trinajstić information content (AvgIpc) is 3.87. The first-order chi connectivity index (χ1) is 31.7. The number of amides is 1. The highest BCUT2D eigenvalue weighted by atomic mass is 32.1. The van der Waals surface area contributed by atoms with E-state index < -0.39 is 5.97 Å². The predicted octanol–water partition coefficient (Wildman–Crippen LogP) is 9.04. The number of likely N-dealkylation sites (N-methyl/N-ethyl adjacent to an activating group) is 1. The van der Waals surface area contributed by atoms with E-state index in [1.807, 2.05) is 68.6 Å². The van der Waals surface area contributed by atoms with Crippen molar-refractivity contribution in [1.29, 1.82) is 10.5 Å². The predicted molar refractivity (Wildman–Crippen MR) is 255 cm³/mol. The molecule has 0 saturated heterocycles. The number of benzene rings is 2. The highest BCUT2D eigenvalue weighted by Gasteiger charge is 2.39. The van der Waals surface area contributed by atoms with E-state index in [0.717, 1.165) is 46.8 Å². The van der Waals surface area contributed by atoms with Gasteiger partial charge in [-0.15, -0.1) is 21.6 Å². The van der Waals surface area contributed by atoms with E-state index in [9.17, 15) is 24.9 Å². The molecule has 18 heteroatoms. The third-order valence-corrected chi connectivity index (χ3v) is 12.1. The quantitative estimate of drug-likeness (QED) is 0.0465. The molecule has 0 aliphatic carbocycles. The Balaban J connectivity index is 0.000000249. The summed E-state index contributed by atoms with van der Waals surface area (Å²) in [6, 6.07) is 19.2. The molecule has 2 aromatic heterocycles. The van der Waals surface area contributed by atoms with Gasteiger partial charge in [0.15, 0.2) is 10.8 Å². The second-order valence-corrected chi connectivity index (χ2v) is 16.5. The summed E-state index contributed by atoms with van der Waals surface area (Å²) in [4.78, 5) is 44.0. The van der Waals surface area contributed by atoms with Crippen LogP contribution in [0.3, 0.4) is 0 Å². The van der Waals surface area contributed by atoms with Gasteiger partial charge in [0, 0.05) is 69.9 Å². The zero-order valence-electron chi connectivity index (χ0n) is 38.9. The maximum absolute atomic E-state index is 13.0. The Labute approximate surface area is 389 Å². The van der Waals surface area contributed by atoms with Gasteiger partial charge in [-0.3, -0.25) is 4.79 Å². The lowest BCUT2D eigenvalue weighted by molar-refractivity contribution is -0.114. The monoisotopic (exact) mass is 914 g/mol. The maximum atomic E-state index is 13.0. The molecule has 4 aromatic rings. The number of allylic oxidation sites excluding steroid dienone is 3. The number of carbonyl (C=O) groups is 3. The summed E-state index contributed by atoms with van der Waals surface area (Å²) in [5.74, 6) is -0.170. The molecule has 0 saturated carbocycles. The largest absolute Gasteiger partial charge is 0.465 e. The van der Waals surface area contributed by atoms with Crippen LogP contribution in [0.25, 0.3) is 0 Å². The minimum Gasteiger partial charge on any atom is -0.465 e. The molecular weight excluding hydrogens is 861 g/mol. The number of carbonyl (C=O) groups excluding carboxylic acids is 3.